The third-order valence-electron chi connectivity index (χ3n) is 6.26. The monoisotopic (exact) mass is 817 g/mol. The van der Waals surface area contributed by atoms with E-state index in [0.29, 0.717) is 152 Å². The Balaban J connectivity index is 1.70. The van der Waals surface area contributed by atoms with Gasteiger partial charge in [-0.05, 0) is 6.07 Å². The van der Waals surface area contributed by atoms with Gasteiger partial charge in [-0.1, -0.05) is 15.9 Å². The predicted octanol–water partition coefficient (Wildman–Crippen LogP) is 2.51. The average molecular weight is 819 g/mol. The van der Waals surface area contributed by atoms with E-state index in [1.165, 1.54) is 12.1 Å². The maximum Gasteiger partial charge on any atom is 0.299 e. The Bertz CT molecular complexity index is 988. The smallest absolute Gasteiger partial charge is 0.299 e. The van der Waals surface area contributed by atoms with E-state index in [9.17, 15) is 20.2 Å². The third-order valence-corrected chi connectivity index (χ3v) is 6.59. The van der Waals surface area contributed by atoms with Crippen molar-refractivity contribution in [3.63, 3.8) is 0 Å². The maximum atomic E-state index is 11.1. The molecule has 0 amide bonds. The van der Waals surface area contributed by atoms with Gasteiger partial charge in [-0.15, -0.1) is 0 Å². The maximum absolute atomic E-state index is 11.1. The molecule has 1 rings (SSSR count). The van der Waals surface area contributed by atoms with Crippen molar-refractivity contribution >= 4 is 33.0 Å². The van der Waals surface area contributed by atoms with Gasteiger partial charge in [0.25, 0.3) is 11.4 Å². The number of nitrogens with one attached hydrogen (secondary N) is 1. The molecular weight excluding hydrogens is 762 g/mol. The molecule has 19 nitrogen and oxygen atoms in total. The van der Waals surface area contributed by atoms with Crippen LogP contribution in [0, 0.1) is 20.2 Å². The van der Waals surface area contributed by atoms with Crippen LogP contribution in [-0.4, -0.2) is 180 Å². The number of nitro groups is 2. The summed E-state index contributed by atoms with van der Waals surface area (Å²) in [5, 5.41) is 25.6. The highest BCUT2D eigenvalue weighted by Crippen LogP contribution is 2.28. The number of ether oxygens (including phenoxy) is 12. The zero-order chi connectivity index (χ0) is 37.6. The first-order valence-corrected chi connectivity index (χ1v) is 18.3. The number of rotatable bonds is 41. The molecule has 1 N–H and O–H groups in total. The van der Waals surface area contributed by atoms with E-state index in [-0.39, 0.29) is 30.2 Å². The summed E-state index contributed by atoms with van der Waals surface area (Å²) in [5.74, 6) is 0. The van der Waals surface area contributed by atoms with Gasteiger partial charge in [0.05, 0.1) is 174 Å². The van der Waals surface area contributed by atoms with Crippen LogP contribution in [0.4, 0.5) is 17.1 Å². The molecule has 20 heteroatoms. The van der Waals surface area contributed by atoms with Crippen LogP contribution in [0.15, 0.2) is 18.2 Å². The van der Waals surface area contributed by atoms with Crippen molar-refractivity contribution < 1.29 is 66.7 Å². The first kappa shape index (κ1) is 47.8. The summed E-state index contributed by atoms with van der Waals surface area (Å²) in [4.78, 5) is 20.6. The molecule has 302 valence electrons. The number of halogens is 1. The third kappa shape index (κ3) is 30.3. The molecule has 0 aliphatic heterocycles. The first-order chi connectivity index (χ1) is 25.6. The second kappa shape index (κ2) is 37.1. The summed E-state index contributed by atoms with van der Waals surface area (Å²) in [6.07, 6.45) is 0. The lowest BCUT2D eigenvalue weighted by Crippen LogP contribution is -2.16. The van der Waals surface area contributed by atoms with Crippen LogP contribution in [0.5, 0.6) is 0 Å². The molecule has 0 aromatic heterocycles. The number of non-ortho nitro benzene ring substituents is 1. The van der Waals surface area contributed by atoms with Gasteiger partial charge in [-0.3, -0.25) is 20.2 Å². The van der Waals surface area contributed by atoms with Gasteiger partial charge in [0.1, 0.15) is 5.69 Å². The van der Waals surface area contributed by atoms with Crippen molar-refractivity contribution in [1.82, 2.24) is 0 Å². The van der Waals surface area contributed by atoms with Gasteiger partial charge in [-0.2, -0.15) is 0 Å². The van der Waals surface area contributed by atoms with E-state index in [1.807, 2.05) is 0 Å². The number of nitrogens with zero attached hydrogens (tertiary/aromatic N) is 2. The van der Waals surface area contributed by atoms with Crippen molar-refractivity contribution in [3.8, 4) is 0 Å². The molecule has 0 bridgehead atoms. The van der Waals surface area contributed by atoms with E-state index in [0.717, 1.165) is 11.4 Å². The minimum Gasteiger partial charge on any atom is -0.378 e. The summed E-state index contributed by atoms with van der Waals surface area (Å²) in [6, 6.07) is 3.43. The fourth-order valence-corrected chi connectivity index (χ4v) is 4.00. The molecule has 0 atom stereocenters. The highest BCUT2D eigenvalue weighted by molar-refractivity contribution is 9.09. The van der Waals surface area contributed by atoms with Crippen LogP contribution in [0.2, 0.25) is 0 Å². The number of hydrogen-bond acceptors (Lipinski definition) is 17. The van der Waals surface area contributed by atoms with Gasteiger partial charge in [0.2, 0.25) is 0 Å². The van der Waals surface area contributed by atoms with E-state index in [1.54, 1.807) is 0 Å². The van der Waals surface area contributed by atoms with Gasteiger partial charge in [-0.25, -0.2) is 0 Å². The number of benzene rings is 1. The van der Waals surface area contributed by atoms with Crippen LogP contribution in [-0.2, 0) is 56.8 Å². The SMILES string of the molecule is O=[N+]([O-])c1ccc(NCCOCCOCCOCCOCCOCCOCCOCCOCCOCCOCCOCCOCCBr)c([N+](=O)[O-])c1. The Kier molecular flexibility index (Phi) is 34.2. The molecule has 52 heavy (non-hydrogen) atoms. The first-order valence-electron chi connectivity index (χ1n) is 17.2. The number of alkyl halides is 1. The van der Waals surface area contributed by atoms with Crippen LogP contribution in [0.1, 0.15) is 0 Å². The molecule has 0 fully saturated rings. The fourth-order valence-electron chi connectivity index (χ4n) is 3.77. The van der Waals surface area contributed by atoms with Crippen molar-refractivity contribution in [1.29, 1.82) is 0 Å². The second-order valence-electron chi connectivity index (χ2n) is 10.2. The standard InChI is InChI=1S/C32H56BrN3O16/c33-3-5-41-7-9-43-11-13-45-15-17-47-19-21-49-23-25-51-27-28-52-26-24-50-22-20-48-18-16-46-14-12-44-10-8-42-6-4-34-31-2-1-30(35(37)38)29-32(31)36(39)40/h1-2,29,34H,3-28H2. The summed E-state index contributed by atoms with van der Waals surface area (Å²) in [7, 11) is 0. The number of anilines is 1. The topological polar surface area (TPSA) is 209 Å². The fraction of sp³-hybridized carbons (Fsp3) is 0.812. The van der Waals surface area contributed by atoms with Crippen molar-refractivity contribution in [2.45, 2.75) is 0 Å². The summed E-state index contributed by atoms with van der Waals surface area (Å²) in [6.45, 7) is 11.7. The summed E-state index contributed by atoms with van der Waals surface area (Å²) >= 11 is 3.29. The van der Waals surface area contributed by atoms with E-state index in [2.05, 4.69) is 21.2 Å². The number of nitro benzene ring substituents is 2. The van der Waals surface area contributed by atoms with Gasteiger partial charge < -0.3 is 62.2 Å². The normalized spacial score (nSPS) is 11.3. The molecule has 0 saturated carbocycles. The summed E-state index contributed by atoms with van der Waals surface area (Å²) in [5.41, 5.74) is -0.528. The second-order valence-corrected chi connectivity index (χ2v) is 11.0. The Labute approximate surface area is 313 Å². The molecule has 0 aliphatic rings. The minimum atomic E-state index is -0.681. The summed E-state index contributed by atoms with van der Waals surface area (Å²) < 4.78 is 65.2. The van der Waals surface area contributed by atoms with Crippen molar-refractivity contribution in [2.24, 2.45) is 0 Å². The zero-order valence-electron chi connectivity index (χ0n) is 29.9. The lowest BCUT2D eigenvalue weighted by molar-refractivity contribution is -0.393. The lowest BCUT2D eigenvalue weighted by Gasteiger charge is -2.09. The Morgan fingerprint density at radius 3 is 1.00 bits per heavy atom. The van der Waals surface area contributed by atoms with Crippen molar-refractivity contribution in [2.75, 3.05) is 176 Å². The Morgan fingerprint density at radius 2 is 0.731 bits per heavy atom. The molecule has 0 saturated heterocycles. The highest BCUT2D eigenvalue weighted by atomic mass is 79.9. The lowest BCUT2D eigenvalue weighted by atomic mass is 10.2. The van der Waals surface area contributed by atoms with Crippen LogP contribution in [0.25, 0.3) is 0 Å². The van der Waals surface area contributed by atoms with Gasteiger partial charge >= 0.3 is 0 Å². The molecule has 0 heterocycles. The molecule has 0 unspecified atom stereocenters. The zero-order valence-corrected chi connectivity index (χ0v) is 31.5. The molecule has 0 spiro atoms. The van der Waals surface area contributed by atoms with E-state index < -0.39 is 9.85 Å². The van der Waals surface area contributed by atoms with E-state index >= 15 is 0 Å². The van der Waals surface area contributed by atoms with Crippen LogP contribution in [0.3, 0.4) is 0 Å². The molecule has 1 aromatic rings. The molecule has 0 radical (unpaired) electrons. The van der Waals surface area contributed by atoms with Gasteiger partial charge in [0.15, 0.2) is 0 Å². The van der Waals surface area contributed by atoms with E-state index in [4.69, 9.17) is 56.8 Å². The molecule has 1 aromatic carbocycles. The van der Waals surface area contributed by atoms with Crippen LogP contribution >= 0.6 is 15.9 Å². The largest absolute Gasteiger partial charge is 0.378 e. The highest BCUT2D eigenvalue weighted by Gasteiger charge is 2.19. The number of hydrogen-bond donors (Lipinski definition) is 1. The molecule has 0 aliphatic carbocycles. The predicted molar refractivity (Wildman–Crippen MR) is 192 cm³/mol. The Morgan fingerprint density at radius 1 is 0.442 bits per heavy atom. The average Bonchev–Trinajstić information content (AvgIpc) is 3.14. The van der Waals surface area contributed by atoms with Crippen LogP contribution < -0.4 is 5.32 Å². The molecular formula is C32H56BrN3O16. The Hall–Kier alpha value is -2.18. The minimum absolute atomic E-state index is 0.185. The van der Waals surface area contributed by atoms with Crippen molar-refractivity contribution in [3.05, 3.63) is 38.4 Å². The quantitative estimate of drug-likeness (QED) is 0.0436. The van der Waals surface area contributed by atoms with Gasteiger partial charge in [0, 0.05) is 17.9 Å².